The Bertz CT molecular complexity index is 474. The average Bonchev–Trinajstić information content (AvgIpc) is 2.20. The van der Waals surface area contributed by atoms with Crippen LogP contribution >= 0.6 is 11.6 Å². The third-order valence-corrected chi connectivity index (χ3v) is 3.10. The van der Waals surface area contributed by atoms with Crippen molar-refractivity contribution >= 4 is 21.6 Å². The number of rotatable bonds is 6. The molecule has 0 spiro atoms. The quantitative estimate of drug-likeness (QED) is 0.863. The van der Waals surface area contributed by atoms with Crippen LogP contribution in [0, 0.1) is 0 Å². The molecule has 1 rings (SSSR count). The predicted octanol–water partition coefficient (Wildman–Crippen LogP) is 1.83. The molecule has 0 amide bonds. The summed E-state index contributed by atoms with van der Waals surface area (Å²) in [5.74, 6) is 0.647. The zero-order valence-corrected chi connectivity index (χ0v) is 11.4. The van der Waals surface area contributed by atoms with Gasteiger partial charge in [0.25, 0.3) is 0 Å². The van der Waals surface area contributed by atoms with Crippen LogP contribution in [0.4, 0.5) is 0 Å². The van der Waals surface area contributed by atoms with Crippen molar-refractivity contribution in [2.75, 3.05) is 19.4 Å². The molecular weight excluding hydrogens is 262 g/mol. The highest BCUT2D eigenvalue weighted by atomic mass is 35.5. The van der Waals surface area contributed by atoms with E-state index >= 15 is 0 Å². The maximum absolute atomic E-state index is 10.9. The number of hydrogen-bond acceptors (Lipinski definition) is 3. The van der Waals surface area contributed by atoms with Gasteiger partial charge in [-0.25, -0.2) is 13.1 Å². The van der Waals surface area contributed by atoms with Crippen LogP contribution in [0.3, 0.4) is 0 Å². The molecule has 0 aliphatic carbocycles. The molecule has 0 radical (unpaired) electrons. The van der Waals surface area contributed by atoms with Gasteiger partial charge in [-0.15, -0.1) is 0 Å². The number of hydrogen-bond donors (Lipinski definition) is 1. The van der Waals surface area contributed by atoms with E-state index in [0.29, 0.717) is 30.3 Å². The van der Waals surface area contributed by atoms with Crippen LogP contribution in [0.15, 0.2) is 18.2 Å². The van der Waals surface area contributed by atoms with Crippen molar-refractivity contribution in [3.05, 3.63) is 28.8 Å². The molecular formula is C11H16ClNO3S. The van der Waals surface area contributed by atoms with E-state index in [1.165, 1.54) is 0 Å². The Morgan fingerprint density at radius 3 is 2.65 bits per heavy atom. The zero-order valence-electron chi connectivity index (χ0n) is 9.86. The van der Waals surface area contributed by atoms with Crippen molar-refractivity contribution in [2.24, 2.45) is 0 Å². The lowest BCUT2D eigenvalue weighted by Crippen LogP contribution is -2.24. The number of halogens is 1. The van der Waals surface area contributed by atoms with E-state index in [1.54, 1.807) is 12.1 Å². The molecule has 1 N–H and O–H groups in total. The van der Waals surface area contributed by atoms with Gasteiger partial charge in [0, 0.05) is 6.54 Å². The predicted molar refractivity (Wildman–Crippen MR) is 69.2 cm³/mol. The minimum absolute atomic E-state index is 0.364. The first-order valence-corrected chi connectivity index (χ1v) is 7.55. The van der Waals surface area contributed by atoms with E-state index in [9.17, 15) is 8.42 Å². The van der Waals surface area contributed by atoms with E-state index in [1.807, 2.05) is 13.0 Å². The average molecular weight is 278 g/mol. The van der Waals surface area contributed by atoms with Crippen LogP contribution in [0.25, 0.3) is 0 Å². The molecule has 1 aromatic carbocycles. The standard InChI is InChI=1S/C11H16ClNO3S/c1-3-16-11-5-4-9(8-10(11)12)6-7-13-17(2,14)15/h4-5,8,13H,3,6-7H2,1-2H3. The summed E-state index contributed by atoms with van der Waals surface area (Å²) in [5.41, 5.74) is 0.967. The van der Waals surface area contributed by atoms with Gasteiger partial charge in [0.1, 0.15) is 5.75 Å². The largest absolute Gasteiger partial charge is 0.492 e. The van der Waals surface area contributed by atoms with Crippen molar-refractivity contribution in [1.29, 1.82) is 0 Å². The van der Waals surface area contributed by atoms with Crippen LogP contribution in [0.2, 0.25) is 5.02 Å². The molecule has 0 saturated carbocycles. The Morgan fingerprint density at radius 1 is 1.41 bits per heavy atom. The van der Waals surface area contributed by atoms with Crippen molar-refractivity contribution < 1.29 is 13.2 Å². The zero-order chi connectivity index (χ0) is 12.9. The smallest absolute Gasteiger partial charge is 0.208 e. The molecule has 0 atom stereocenters. The molecule has 0 bridgehead atoms. The molecule has 6 heteroatoms. The minimum Gasteiger partial charge on any atom is -0.492 e. The van der Waals surface area contributed by atoms with Gasteiger partial charge in [0.2, 0.25) is 10.0 Å². The van der Waals surface area contributed by atoms with Gasteiger partial charge in [0.05, 0.1) is 17.9 Å². The normalized spacial score (nSPS) is 11.5. The SMILES string of the molecule is CCOc1ccc(CCNS(C)(=O)=O)cc1Cl. The number of ether oxygens (including phenoxy) is 1. The van der Waals surface area contributed by atoms with Crippen molar-refractivity contribution in [1.82, 2.24) is 4.72 Å². The molecule has 17 heavy (non-hydrogen) atoms. The maximum Gasteiger partial charge on any atom is 0.208 e. The second-order valence-electron chi connectivity index (χ2n) is 3.61. The van der Waals surface area contributed by atoms with Gasteiger partial charge in [-0.1, -0.05) is 17.7 Å². The van der Waals surface area contributed by atoms with E-state index in [2.05, 4.69) is 4.72 Å². The molecule has 0 aliphatic heterocycles. The number of sulfonamides is 1. The highest BCUT2D eigenvalue weighted by Crippen LogP contribution is 2.25. The fourth-order valence-corrected chi connectivity index (χ4v) is 2.08. The maximum atomic E-state index is 10.9. The summed E-state index contributed by atoms with van der Waals surface area (Å²) in [4.78, 5) is 0. The highest BCUT2D eigenvalue weighted by Gasteiger charge is 2.04. The number of benzene rings is 1. The van der Waals surface area contributed by atoms with E-state index in [4.69, 9.17) is 16.3 Å². The van der Waals surface area contributed by atoms with E-state index in [0.717, 1.165) is 11.8 Å². The van der Waals surface area contributed by atoms with Gasteiger partial charge >= 0.3 is 0 Å². The lowest BCUT2D eigenvalue weighted by molar-refractivity contribution is 0.340. The second-order valence-corrected chi connectivity index (χ2v) is 5.85. The summed E-state index contributed by atoms with van der Waals surface area (Å²) in [6, 6.07) is 5.46. The van der Waals surface area contributed by atoms with Crippen LogP contribution in [0.5, 0.6) is 5.75 Å². The summed E-state index contributed by atoms with van der Waals surface area (Å²) in [6.07, 6.45) is 1.73. The first-order valence-electron chi connectivity index (χ1n) is 5.28. The van der Waals surface area contributed by atoms with Crippen molar-refractivity contribution in [3.63, 3.8) is 0 Å². The van der Waals surface area contributed by atoms with Gasteiger partial charge in [-0.3, -0.25) is 0 Å². The summed E-state index contributed by atoms with van der Waals surface area (Å²) < 4.78 is 29.5. The molecule has 0 aromatic heterocycles. The van der Waals surface area contributed by atoms with Crippen molar-refractivity contribution in [2.45, 2.75) is 13.3 Å². The van der Waals surface area contributed by atoms with Crippen LogP contribution in [-0.4, -0.2) is 27.8 Å². The van der Waals surface area contributed by atoms with Crippen molar-refractivity contribution in [3.8, 4) is 5.75 Å². The topological polar surface area (TPSA) is 55.4 Å². The summed E-state index contributed by atoms with van der Waals surface area (Å²) >= 11 is 6.01. The van der Waals surface area contributed by atoms with Gasteiger partial charge in [-0.2, -0.15) is 0 Å². The Kier molecular flexibility index (Phi) is 5.24. The summed E-state index contributed by atoms with van der Waals surface area (Å²) in [7, 11) is -3.13. The Morgan fingerprint density at radius 2 is 2.12 bits per heavy atom. The second kappa shape index (κ2) is 6.23. The van der Waals surface area contributed by atoms with E-state index < -0.39 is 10.0 Å². The fourth-order valence-electron chi connectivity index (χ4n) is 1.35. The van der Waals surface area contributed by atoms with Crippen LogP contribution in [0.1, 0.15) is 12.5 Å². The van der Waals surface area contributed by atoms with E-state index in [-0.39, 0.29) is 0 Å². The molecule has 0 heterocycles. The Balaban J connectivity index is 2.58. The molecule has 0 aliphatic rings. The molecule has 0 saturated heterocycles. The summed E-state index contributed by atoms with van der Waals surface area (Å²) in [5, 5.41) is 0.545. The minimum atomic E-state index is -3.13. The Labute approximate surface area is 107 Å². The number of nitrogens with one attached hydrogen (secondary N) is 1. The highest BCUT2D eigenvalue weighted by molar-refractivity contribution is 7.88. The van der Waals surface area contributed by atoms with Crippen LogP contribution in [-0.2, 0) is 16.4 Å². The first kappa shape index (κ1) is 14.3. The van der Waals surface area contributed by atoms with Gasteiger partial charge < -0.3 is 4.74 Å². The Hall–Kier alpha value is -0.780. The summed E-state index contributed by atoms with van der Waals surface area (Å²) in [6.45, 7) is 2.82. The van der Waals surface area contributed by atoms with Crippen LogP contribution < -0.4 is 9.46 Å². The monoisotopic (exact) mass is 277 g/mol. The molecule has 4 nitrogen and oxygen atoms in total. The molecule has 96 valence electrons. The lowest BCUT2D eigenvalue weighted by atomic mass is 10.1. The molecule has 0 unspecified atom stereocenters. The first-order chi connectivity index (χ1) is 7.92. The third-order valence-electron chi connectivity index (χ3n) is 2.07. The van der Waals surface area contributed by atoms with Gasteiger partial charge in [0.15, 0.2) is 0 Å². The molecule has 1 aromatic rings. The molecule has 0 fully saturated rings. The van der Waals surface area contributed by atoms with Gasteiger partial charge in [-0.05, 0) is 31.0 Å². The lowest BCUT2D eigenvalue weighted by Gasteiger charge is -2.08. The fraction of sp³-hybridized carbons (Fsp3) is 0.455. The third kappa shape index (κ3) is 5.39.